The summed E-state index contributed by atoms with van der Waals surface area (Å²) in [6, 6.07) is 7.11. The van der Waals surface area contributed by atoms with E-state index in [-0.39, 0.29) is 23.2 Å². The van der Waals surface area contributed by atoms with Crippen LogP contribution in [0.3, 0.4) is 0 Å². The van der Waals surface area contributed by atoms with Crippen LogP contribution in [0.25, 0.3) is 11.7 Å². The summed E-state index contributed by atoms with van der Waals surface area (Å²) in [7, 11) is 0. The van der Waals surface area contributed by atoms with Crippen LogP contribution in [0, 0.1) is 11.3 Å². The first-order chi connectivity index (χ1) is 13.2. The van der Waals surface area contributed by atoms with Crippen LogP contribution in [-0.2, 0) is 9.53 Å². The minimum atomic E-state index is -0.567. The van der Waals surface area contributed by atoms with E-state index in [1.807, 2.05) is 11.0 Å². The monoisotopic (exact) mass is 365 g/mol. The van der Waals surface area contributed by atoms with Crippen LogP contribution >= 0.6 is 0 Å². The zero-order valence-electron chi connectivity index (χ0n) is 14.7. The van der Waals surface area contributed by atoms with Gasteiger partial charge in [-0.05, 0) is 18.2 Å². The van der Waals surface area contributed by atoms with Crippen LogP contribution in [0.4, 0.5) is 5.82 Å². The Hall–Kier alpha value is -3.44. The van der Waals surface area contributed by atoms with Gasteiger partial charge in [0.2, 0.25) is 0 Å². The number of amides is 1. The first kappa shape index (κ1) is 18.4. The second-order valence-corrected chi connectivity index (χ2v) is 5.85. The fourth-order valence-electron chi connectivity index (χ4n) is 2.79. The second-order valence-electron chi connectivity index (χ2n) is 5.85. The minimum absolute atomic E-state index is 0.166. The highest BCUT2D eigenvalue weighted by Gasteiger charge is 2.21. The fourth-order valence-corrected chi connectivity index (χ4v) is 2.79. The number of morpholine rings is 1. The molecule has 0 radical (unpaired) electrons. The van der Waals surface area contributed by atoms with Crippen molar-refractivity contribution in [2.24, 2.45) is 0 Å². The predicted molar refractivity (Wildman–Crippen MR) is 101 cm³/mol. The third-order valence-corrected chi connectivity index (χ3v) is 4.12. The van der Waals surface area contributed by atoms with Gasteiger partial charge >= 0.3 is 0 Å². The number of nitrogens with zero attached hydrogens (tertiary/aromatic N) is 4. The maximum absolute atomic E-state index is 13.0. The van der Waals surface area contributed by atoms with E-state index in [1.165, 1.54) is 16.6 Å². The Balaban J connectivity index is 2.16. The number of hydrogen-bond donors (Lipinski definition) is 1. The zero-order chi connectivity index (χ0) is 19.2. The molecule has 3 heterocycles. The topological polar surface area (TPSA) is 99.7 Å². The number of carbonyl (C=O) groups excluding carboxylic acids is 1. The summed E-state index contributed by atoms with van der Waals surface area (Å²) in [5.74, 6) is -0.123. The van der Waals surface area contributed by atoms with Crippen LogP contribution in [-0.4, -0.2) is 48.1 Å². The molecule has 2 aromatic heterocycles. The smallest absolute Gasteiger partial charge is 0.267 e. The number of rotatable bonds is 5. The third kappa shape index (κ3) is 3.88. The van der Waals surface area contributed by atoms with Gasteiger partial charge in [-0.3, -0.25) is 14.0 Å². The predicted octanol–water partition coefficient (Wildman–Crippen LogP) is 0.740. The average Bonchev–Trinajstić information content (AvgIpc) is 2.72. The van der Waals surface area contributed by atoms with Crippen LogP contribution in [0.1, 0.15) is 5.56 Å². The molecule has 0 unspecified atom stereocenters. The lowest BCUT2D eigenvalue weighted by molar-refractivity contribution is -0.116. The molecule has 1 aliphatic rings. The Morgan fingerprint density at radius 2 is 2.19 bits per heavy atom. The third-order valence-electron chi connectivity index (χ3n) is 4.12. The summed E-state index contributed by atoms with van der Waals surface area (Å²) >= 11 is 0. The summed E-state index contributed by atoms with van der Waals surface area (Å²) in [6.07, 6.45) is 4.42. The maximum atomic E-state index is 13.0. The highest BCUT2D eigenvalue weighted by Crippen LogP contribution is 2.20. The van der Waals surface area contributed by atoms with Gasteiger partial charge in [0.15, 0.2) is 0 Å². The highest BCUT2D eigenvalue weighted by molar-refractivity contribution is 6.02. The molecule has 0 bridgehead atoms. The molecular weight excluding hydrogens is 346 g/mol. The van der Waals surface area contributed by atoms with Crippen molar-refractivity contribution in [3.8, 4) is 6.07 Å². The molecule has 1 fully saturated rings. The molecule has 0 aliphatic carbocycles. The van der Waals surface area contributed by atoms with E-state index in [2.05, 4.69) is 16.9 Å². The number of anilines is 1. The Morgan fingerprint density at radius 3 is 2.89 bits per heavy atom. The number of pyridine rings is 1. The van der Waals surface area contributed by atoms with Crippen molar-refractivity contribution < 1.29 is 9.53 Å². The molecule has 2 aromatic rings. The van der Waals surface area contributed by atoms with Crippen molar-refractivity contribution in [1.82, 2.24) is 14.7 Å². The van der Waals surface area contributed by atoms with Crippen molar-refractivity contribution in [1.29, 1.82) is 5.26 Å². The fraction of sp³-hybridized carbons (Fsp3) is 0.263. The molecule has 3 rings (SSSR count). The van der Waals surface area contributed by atoms with Crippen LogP contribution in [0.15, 0.2) is 47.4 Å². The van der Waals surface area contributed by atoms with Gasteiger partial charge in [-0.25, -0.2) is 4.98 Å². The summed E-state index contributed by atoms with van der Waals surface area (Å²) in [4.78, 5) is 31.8. The van der Waals surface area contributed by atoms with Gasteiger partial charge in [-0.2, -0.15) is 5.26 Å². The Morgan fingerprint density at radius 1 is 1.41 bits per heavy atom. The summed E-state index contributed by atoms with van der Waals surface area (Å²) < 4.78 is 6.76. The maximum Gasteiger partial charge on any atom is 0.267 e. The number of nitrogens with one attached hydrogen (secondary N) is 1. The van der Waals surface area contributed by atoms with Crippen LogP contribution < -0.4 is 15.8 Å². The summed E-state index contributed by atoms with van der Waals surface area (Å²) in [5, 5.41) is 11.9. The number of aromatic nitrogens is 2. The number of fused-ring (bicyclic) bond motifs is 1. The quantitative estimate of drug-likeness (QED) is 0.477. The van der Waals surface area contributed by atoms with Gasteiger partial charge in [-0.1, -0.05) is 12.1 Å². The van der Waals surface area contributed by atoms with Crippen molar-refractivity contribution >= 4 is 23.4 Å². The summed E-state index contributed by atoms with van der Waals surface area (Å²) in [6.45, 7) is 5.93. The molecule has 1 amide bonds. The number of nitriles is 1. The molecule has 138 valence electrons. The van der Waals surface area contributed by atoms with Gasteiger partial charge < -0.3 is 15.0 Å². The highest BCUT2D eigenvalue weighted by atomic mass is 16.5. The van der Waals surface area contributed by atoms with E-state index < -0.39 is 5.91 Å². The molecule has 27 heavy (non-hydrogen) atoms. The number of ether oxygens (including phenoxy) is 1. The van der Waals surface area contributed by atoms with Crippen LogP contribution in [0.2, 0.25) is 0 Å². The van der Waals surface area contributed by atoms with Gasteiger partial charge in [0.25, 0.3) is 11.5 Å². The molecule has 8 nitrogen and oxygen atoms in total. The molecule has 0 spiro atoms. The Bertz CT molecular complexity index is 997. The van der Waals surface area contributed by atoms with E-state index in [4.69, 9.17) is 4.74 Å². The van der Waals surface area contributed by atoms with E-state index in [0.29, 0.717) is 37.8 Å². The second kappa shape index (κ2) is 8.29. The molecule has 1 aliphatic heterocycles. The van der Waals surface area contributed by atoms with Gasteiger partial charge in [-0.15, -0.1) is 6.58 Å². The van der Waals surface area contributed by atoms with Crippen molar-refractivity contribution in [3.63, 3.8) is 0 Å². The van der Waals surface area contributed by atoms with Gasteiger partial charge in [0, 0.05) is 25.8 Å². The van der Waals surface area contributed by atoms with Crippen molar-refractivity contribution in [2.75, 3.05) is 37.7 Å². The zero-order valence-corrected chi connectivity index (χ0v) is 14.7. The lowest BCUT2D eigenvalue weighted by Gasteiger charge is -2.29. The SMILES string of the molecule is C=CCNC(=O)/C(C#N)=C/c1c(N2CCOCC2)nc2ccccn2c1=O. The molecule has 0 aromatic carbocycles. The lowest BCUT2D eigenvalue weighted by atomic mass is 10.1. The Labute approximate surface area is 156 Å². The standard InChI is InChI=1S/C19H19N5O3/c1-2-6-21-18(25)14(13-20)12-15-17(23-8-10-27-11-9-23)22-16-5-3-4-7-24(16)19(15)26/h2-5,7,12H,1,6,8-11H2,(H,21,25)/b14-12+. The first-order valence-electron chi connectivity index (χ1n) is 8.50. The minimum Gasteiger partial charge on any atom is -0.378 e. The van der Waals surface area contributed by atoms with E-state index in [0.717, 1.165) is 0 Å². The first-order valence-corrected chi connectivity index (χ1v) is 8.50. The van der Waals surface area contributed by atoms with E-state index >= 15 is 0 Å². The van der Waals surface area contributed by atoms with Gasteiger partial charge in [0.05, 0.1) is 18.8 Å². The van der Waals surface area contributed by atoms with Crippen LogP contribution in [0.5, 0.6) is 0 Å². The van der Waals surface area contributed by atoms with Crippen molar-refractivity contribution in [3.05, 3.63) is 58.5 Å². The molecule has 8 heteroatoms. The lowest BCUT2D eigenvalue weighted by Crippen LogP contribution is -2.38. The molecule has 0 saturated carbocycles. The average molecular weight is 365 g/mol. The van der Waals surface area contributed by atoms with Gasteiger partial charge in [0.1, 0.15) is 23.1 Å². The largest absolute Gasteiger partial charge is 0.378 e. The normalized spacial score (nSPS) is 14.6. The van der Waals surface area contributed by atoms with E-state index in [1.54, 1.807) is 24.4 Å². The Kier molecular flexibility index (Phi) is 5.64. The molecule has 1 N–H and O–H groups in total. The summed E-state index contributed by atoms with van der Waals surface area (Å²) in [5.41, 5.74) is 0.189. The molecule has 0 atom stereocenters. The molecule has 1 saturated heterocycles. The van der Waals surface area contributed by atoms with Crippen molar-refractivity contribution in [2.45, 2.75) is 0 Å². The number of carbonyl (C=O) groups is 1. The van der Waals surface area contributed by atoms with E-state index in [9.17, 15) is 14.9 Å². The molecular formula is C19H19N5O3. The number of hydrogen-bond acceptors (Lipinski definition) is 6.